The average Bonchev–Trinajstić information content (AvgIpc) is 3.42. The summed E-state index contributed by atoms with van der Waals surface area (Å²) in [5, 5.41) is 22.8. The molecule has 1 aliphatic heterocycles. The van der Waals surface area contributed by atoms with Crippen LogP contribution < -0.4 is 15.4 Å². The molecule has 0 unspecified atom stereocenters. The first-order valence-corrected chi connectivity index (χ1v) is 11.1. The lowest BCUT2D eigenvalue weighted by atomic mass is 9.88. The molecule has 13 heteroatoms. The summed E-state index contributed by atoms with van der Waals surface area (Å²) in [6.07, 6.45) is -3.99. The van der Waals surface area contributed by atoms with Crippen molar-refractivity contribution in [3.05, 3.63) is 52.9 Å². The van der Waals surface area contributed by atoms with Gasteiger partial charge in [0.2, 0.25) is 11.9 Å². The maximum Gasteiger partial charge on any atom is 0.573 e. The quantitative estimate of drug-likeness (QED) is 0.381. The van der Waals surface area contributed by atoms with Crippen LogP contribution in [0.2, 0.25) is 5.02 Å². The normalized spacial score (nSPS) is 19.8. The van der Waals surface area contributed by atoms with E-state index in [2.05, 4.69) is 35.5 Å². The van der Waals surface area contributed by atoms with Gasteiger partial charge in [-0.3, -0.25) is 9.89 Å². The molecule has 4 N–H and O–H groups in total. The number of hydrogen-bond acceptors (Lipinski definition) is 7. The largest absolute Gasteiger partial charge is 0.573 e. The second kappa shape index (κ2) is 9.70. The van der Waals surface area contributed by atoms with Crippen molar-refractivity contribution in [1.82, 2.24) is 25.5 Å². The van der Waals surface area contributed by atoms with E-state index in [1.165, 1.54) is 18.3 Å². The number of nitrogens with one attached hydrogen (secondary N) is 3. The Hall–Kier alpha value is -3.38. The number of amides is 1. The fourth-order valence-corrected chi connectivity index (χ4v) is 4.12. The summed E-state index contributed by atoms with van der Waals surface area (Å²) < 4.78 is 41.3. The molecule has 1 saturated heterocycles. The molecule has 4 atom stereocenters. The third-order valence-electron chi connectivity index (χ3n) is 5.70. The number of carbonyl (C=O) groups is 1. The highest BCUT2D eigenvalue weighted by Crippen LogP contribution is 2.34. The van der Waals surface area contributed by atoms with E-state index in [-0.39, 0.29) is 28.8 Å². The van der Waals surface area contributed by atoms with Crippen molar-refractivity contribution in [3.63, 3.8) is 0 Å². The molecule has 3 aromatic rings. The molecule has 0 spiro atoms. The third-order valence-corrected chi connectivity index (χ3v) is 6.00. The molecular weight excluding hydrogens is 489 g/mol. The van der Waals surface area contributed by atoms with Crippen molar-refractivity contribution in [2.75, 3.05) is 11.9 Å². The van der Waals surface area contributed by atoms with Crippen molar-refractivity contribution in [1.29, 1.82) is 0 Å². The number of hydrogen-bond donors (Lipinski definition) is 4. The first-order chi connectivity index (χ1) is 16.5. The highest BCUT2D eigenvalue weighted by atomic mass is 35.5. The topological polar surface area (TPSA) is 125 Å². The van der Waals surface area contributed by atoms with Crippen LogP contribution in [-0.4, -0.2) is 50.2 Å². The molecule has 1 aromatic carbocycles. The predicted molar refractivity (Wildman–Crippen MR) is 121 cm³/mol. The molecule has 2 aromatic heterocycles. The van der Waals surface area contributed by atoms with Crippen molar-refractivity contribution in [2.45, 2.75) is 38.3 Å². The zero-order valence-electron chi connectivity index (χ0n) is 18.6. The first-order valence-electron chi connectivity index (χ1n) is 10.7. The number of nitrogens with zero attached hydrogens (tertiary/aromatic N) is 3. The van der Waals surface area contributed by atoms with E-state index >= 15 is 0 Å². The lowest BCUT2D eigenvalue weighted by molar-refractivity contribution is -0.274. The molecule has 3 heterocycles. The first kappa shape index (κ1) is 24.7. The van der Waals surface area contributed by atoms with Gasteiger partial charge in [0, 0.05) is 24.2 Å². The van der Waals surface area contributed by atoms with E-state index in [0.29, 0.717) is 29.2 Å². The van der Waals surface area contributed by atoms with Gasteiger partial charge in [-0.2, -0.15) is 5.10 Å². The van der Waals surface area contributed by atoms with Gasteiger partial charge in [0.15, 0.2) is 0 Å². The Morgan fingerprint density at radius 1 is 1.26 bits per heavy atom. The average molecular weight is 511 g/mol. The summed E-state index contributed by atoms with van der Waals surface area (Å²) in [7, 11) is 0. The van der Waals surface area contributed by atoms with E-state index in [4.69, 9.17) is 11.6 Å². The number of halogens is 4. The Balaban J connectivity index is 1.48. The maximum atomic E-state index is 12.5. The molecule has 1 amide bonds. The monoisotopic (exact) mass is 510 g/mol. The Kier molecular flexibility index (Phi) is 6.86. The molecule has 4 rings (SSSR count). The second-order valence-electron chi connectivity index (χ2n) is 8.20. The van der Waals surface area contributed by atoms with Gasteiger partial charge in [-0.05, 0) is 44.2 Å². The number of H-pyrrole nitrogens is 1. The predicted octanol–water partition coefficient (Wildman–Crippen LogP) is 3.80. The molecule has 186 valence electrons. The maximum absolute atomic E-state index is 12.5. The van der Waals surface area contributed by atoms with Crippen molar-refractivity contribution in [2.24, 2.45) is 5.92 Å². The van der Waals surface area contributed by atoms with E-state index < -0.39 is 24.1 Å². The standard InChI is InChI=1S/C22H22ClF3N6O3/c1-10(29-21-27-6-5-15(30-21)19-13(11(2)33)9-28-20(19)34)16-8-17(32-31-16)12-3-4-18(14(23)7-12)35-22(24,25)26/h3-8,10-11,13,19,33H,9H2,1-2H3,(H,28,34)(H,31,32)(H,27,29,30)/t10-,11-,13-,19-/m1/s1. The Bertz CT molecular complexity index is 1220. The minimum Gasteiger partial charge on any atom is -0.404 e. The molecule has 9 nitrogen and oxygen atoms in total. The Morgan fingerprint density at radius 2 is 2.03 bits per heavy atom. The smallest absolute Gasteiger partial charge is 0.404 e. The minimum absolute atomic E-state index is 0.197. The van der Waals surface area contributed by atoms with Crippen LogP contribution in [0, 0.1) is 5.92 Å². The molecule has 0 aliphatic carbocycles. The Morgan fingerprint density at radius 3 is 2.71 bits per heavy atom. The van der Waals surface area contributed by atoms with E-state index in [0.717, 1.165) is 6.07 Å². The number of aromatic nitrogens is 4. The number of benzene rings is 1. The third kappa shape index (κ3) is 5.65. The number of aromatic amines is 1. The molecule has 0 bridgehead atoms. The van der Waals surface area contributed by atoms with Crippen molar-refractivity contribution < 1.29 is 27.8 Å². The summed E-state index contributed by atoms with van der Waals surface area (Å²) in [5.41, 5.74) is 2.11. The second-order valence-corrected chi connectivity index (χ2v) is 8.61. The molecule has 0 radical (unpaired) electrons. The summed E-state index contributed by atoms with van der Waals surface area (Å²) in [6.45, 7) is 3.84. The lowest BCUT2D eigenvalue weighted by Gasteiger charge is -2.19. The number of ether oxygens (including phenoxy) is 1. The molecular formula is C22H22ClF3N6O3. The summed E-state index contributed by atoms with van der Waals surface area (Å²) in [6, 6.07) is 6.90. The molecule has 1 aliphatic rings. The number of carbonyl (C=O) groups excluding carboxylic acids is 1. The zero-order chi connectivity index (χ0) is 25.3. The minimum atomic E-state index is -4.84. The summed E-state index contributed by atoms with van der Waals surface area (Å²) in [5.74, 6) is -1.29. The number of alkyl halides is 3. The molecule has 35 heavy (non-hydrogen) atoms. The SMILES string of the molecule is C[C@@H](Nc1nccc([C@@H]2C(=O)NC[C@@H]2[C@@H](C)O)n1)c1cc(-c2ccc(OC(F)(F)F)c(Cl)c2)n[nH]1. The van der Waals surface area contributed by atoms with Crippen molar-refractivity contribution >= 4 is 23.5 Å². The van der Waals surface area contributed by atoms with E-state index in [9.17, 15) is 23.1 Å². The van der Waals surface area contributed by atoms with Gasteiger partial charge >= 0.3 is 6.36 Å². The van der Waals surface area contributed by atoms with Crippen LogP contribution in [0.5, 0.6) is 5.75 Å². The molecule has 1 fully saturated rings. The Labute approximate surface area is 203 Å². The number of anilines is 1. The van der Waals surface area contributed by atoms with Gasteiger partial charge in [-0.1, -0.05) is 11.6 Å². The fraction of sp³-hybridized carbons (Fsp3) is 0.364. The van der Waals surface area contributed by atoms with Gasteiger partial charge < -0.3 is 20.5 Å². The van der Waals surface area contributed by atoms with Crippen LogP contribution in [-0.2, 0) is 4.79 Å². The van der Waals surface area contributed by atoms with Crippen LogP contribution >= 0.6 is 11.6 Å². The highest BCUT2D eigenvalue weighted by molar-refractivity contribution is 6.32. The lowest BCUT2D eigenvalue weighted by Crippen LogP contribution is -2.25. The van der Waals surface area contributed by atoms with Gasteiger partial charge in [-0.15, -0.1) is 13.2 Å². The van der Waals surface area contributed by atoms with Gasteiger partial charge in [-0.25, -0.2) is 9.97 Å². The molecule has 0 saturated carbocycles. The van der Waals surface area contributed by atoms with Crippen molar-refractivity contribution in [3.8, 4) is 17.0 Å². The summed E-state index contributed by atoms with van der Waals surface area (Å²) >= 11 is 5.93. The van der Waals surface area contributed by atoms with Crippen LogP contribution in [0.4, 0.5) is 19.1 Å². The number of aliphatic hydroxyl groups excluding tert-OH is 1. The van der Waals surface area contributed by atoms with Crippen LogP contribution in [0.3, 0.4) is 0 Å². The number of rotatable bonds is 7. The van der Waals surface area contributed by atoms with Gasteiger partial charge in [0.1, 0.15) is 5.75 Å². The number of aliphatic hydroxyl groups is 1. The van der Waals surface area contributed by atoms with Gasteiger partial charge in [0.25, 0.3) is 0 Å². The van der Waals surface area contributed by atoms with E-state index in [1.807, 2.05) is 6.92 Å². The zero-order valence-corrected chi connectivity index (χ0v) is 19.4. The summed E-state index contributed by atoms with van der Waals surface area (Å²) in [4.78, 5) is 21.0. The highest BCUT2D eigenvalue weighted by Gasteiger charge is 2.39. The van der Waals surface area contributed by atoms with Crippen LogP contribution in [0.1, 0.15) is 37.2 Å². The van der Waals surface area contributed by atoms with Crippen LogP contribution in [0.15, 0.2) is 36.5 Å². The van der Waals surface area contributed by atoms with Gasteiger partial charge in [0.05, 0.1) is 40.2 Å². The van der Waals surface area contributed by atoms with E-state index in [1.54, 1.807) is 19.1 Å². The van der Waals surface area contributed by atoms with Crippen LogP contribution in [0.25, 0.3) is 11.3 Å². The fourth-order valence-electron chi connectivity index (χ4n) is 3.90.